The van der Waals surface area contributed by atoms with Gasteiger partial charge in [0.25, 0.3) is 5.91 Å². The van der Waals surface area contributed by atoms with E-state index in [0.717, 1.165) is 29.7 Å². The molecule has 110 valence electrons. The second-order valence-corrected chi connectivity index (χ2v) is 5.33. The molecule has 0 spiro atoms. The van der Waals surface area contributed by atoms with Gasteiger partial charge in [0.05, 0.1) is 11.9 Å². The normalized spacial score (nSPS) is 17.9. The number of carbonyl (C=O) groups is 1. The SMILES string of the molecule is CN(Cc1cn[nH]c1-c1ccccc1)C(=O)[C@H]1CCCO1. The highest BCUT2D eigenvalue weighted by molar-refractivity contribution is 5.81. The van der Waals surface area contributed by atoms with Crippen LogP contribution in [-0.4, -0.2) is 40.8 Å². The van der Waals surface area contributed by atoms with E-state index in [9.17, 15) is 4.79 Å². The lowest BCUT2D eigenvalue weighted by atomic mass is 10.1. The maximum Gasteiger partial charge on any atom is 0.251 e. The van der Waals surface area contributed by atoms with E-state index in [4.69, 9.17) is 4.74 Å². The van der Waals surface area contributed by atoms with Gasteiger partial charge in [-0.3, -0.25) is 9.89 Å². The molecule has 21 heavy (non-hydrogen) atoms. The minimum absolute atomic E-state index is 0.0488. The summed E-state index contributed by atoms with van der Waals surface area (Å²) in [7, 11) is 1.81. The predicted octanol–water partition coefficient (Wildman–Crippen LogP) is 2.21. The first kappa shape index (κ1) is 13.8. The molecule has 1 fully saturated rings. The minimum Gasteiger partial charge on any atom is -0.368 e. The van der Waals surface area contributed by atoms with E-state index in [1.54, 1.807) is 11.1 Å². The van der Waals surface area contributed by atoms with Gasteiger partial charge >= 0.3 is 0 Å². The van der Waals surface area contributed by atoms with E-state index >= 15 is 0 Å². The summed E-state index contributed by atoms with van der Waals surface area (Å²) < 4.78 is 5.46. The van der Waals surface area contributed by atoms with Gasteiger partial charge < -0.3 is 9.64 Å². The second kappa shape index (κ2) is 6.10. The maximum atomic E-state index is 12.3. The standard InChI is InChI=1S/C16H19N3O2/c1-19(16(20)14-8-5-9-21-14)11-13-10-17-18-15(13)12-6-3-2-4-7-12/h2-4,6-7,10,14H,5,8-9,11H2,1H3,(H,17,18)/t14-/m1/s1. The van der Waals surface area contributed by atoms with Gasteiger partial charge in [0.2, 0.25) is 0 Å². The lowest BCUT2D eigenvalue weighted by Gasteiger charge is -2.20. The number of nitrogens with zero attached hydrogens (tertiary/aromatic N) is 2. The topological polar surface area (TPSA) is 58.2 Å². The number of H-pyrrole nitrogens is 1. The Bertz CT molecular complexity index is 603. The zero-order valence-corrected chi connectivity index (χ0v) is 12.1. The molecule has 0 bridgehead atoms. The maximum absolute atomic E-state index is 12.3. The molecule has 1 aromatic carbocycles. The first-order chi connectivity index (χ1) is 10.3. The van der Waals surface area contributed by atoms with Gasteiger partial charge in [-0.2, -0.15) is 5.10 Å². The van der Waals surface area contributed by atoms with Crippen LogP contribution in [0.15, 0.2) is 36.5 Å². The Hall–Kier alpha value is -2.14. The lowest BCUT2D eigenvalue weighted by Crippen LogP contribution is -2.35. The van der Waals surface area contributed by atoms with Crippen molar-refractivity contribution in [2.75, 3.05) is 13.7 Å². The smallest absolute Gasteiger partial charge is 0.251 e. The highest BCUT2D eigenvalue weighted by atomic mass is 16.5. The average Bonchev–Trinajstić information content (AvgIpc) is 3.19. The van der Waals surface area contributed by atoms with E-state index in [2.05, 4.69) is 10.2 Å². The van der Waals surface area contributed by atoms with Crippen LogP contribution in [0.25, 0.3) is 11.3 Å². The molecule has 2 aromatic rings. The van der Waals surface area contributed by atoms with Crippen LogP contribution in [0.2, 0.25) is 0 Å². The highest BCUT2D eigenvalue weighted by Gasteiger charge is 2.26. The first-order valence-electron chi connectivity index (χ1n) is 7.20. The van der Waals surface area contributed by atoms with Crippen LogP contribution >= 0.6 is 0 Å². The number of amides is 1. The molecule has 5 nitrogen and oxygen atoms in total. The first-order valence-corrected chi connectivity index (χ1v) is 7.20. The molecule has 1 amide bonds. The largest absolute Gasteiger partial charge is 0.368 e. The van der Waals surface area contributed by atoms with Gasteiger partial charge in [-0.1, -0.05) is 30.3 Å². The summed E-state index contributed by atoms with van der Waals surface area (Å²) in [5, 5.41) is 7.13. The van der Waals surface area contributed by atoms with E-state index in [1.165, 1.54) is 0 Å². The molecule has 0 saturated carbocycles. The molecule has 1 aromatic heterocycles. The van der Waals surface area contributed by atoms with Crippen molar-refractivity contribution in [3.05, 3.63) is 42.1 Å². The fraction of sp³-hybridized carbons (Fsp3) is 0.375. The Kier molecular flexibility index (Phi) is 4.01. The van der Waals surface area contributed by atoms with Crippen LogP contribution in [0, 0.1) is 0 Å². The summed E-state index contributed by atoms with van der Waals surface area (Å²) in [5.74, 6) is 0.0488. The van der Waals surface area contributed by atoms with Crippen LogP contribution < -0.4 is 0 Å². The van der Waals surface area contributed by atoms with Gasteiger partial charge in [-0.15, -0.1) is 0 Å². The molecule has 1 N–H and O–H groups in total. The number of rotatable bonds is 4. The van der Waals surface area contributed by atoms with Gasteiger partial charge in [-0.05, 0) is 18.4 Å². The van der Waals surface area contributed by atoms with Crippen molar-refractivity contribution in [1.29, 1.82) is 0 Å². The Morgan fingerprint density at radius 2 is 2.24 bits per heavy atom. The lowest BCUT2D eigenvalue weighted by molar-refractivity contribution is -0.140. The Morgan fingerprint density at radius 3 is 2.95 bits per heavy atom. The number of aromatic nitrogens is 2. The Balaban J connectivity index is 1.73. The molecule has 1 atom stereocenters. The van der Waals surface area contributed by atoms with Gasteiger partial charge in [-0.25, -0.2) is 0 Å². The third kappa shape index (κ3) is 2.97. The summed E-state index contributed by atoms with van der Waals surface area (Å²) in [6, 6.07) is 10.0. The number of ether oxygens (including phenoxy) is 1. The zero-order valence-electron chi connectivity index (χ0n) is 12.1. The van der Waals surface area contributed by atoms with Crippen LogP contribution in [0.3, 0.4) is 0 Å². The third-order valence-corrected chi connectivity index (χ3v) is 3.77. The number of aromatic amines is 1. The number of likely N-dealkylation sites (N-methyl/N-ethyl adjacent to an activating group) is 1. The summed E-state index contributed by atoms with van der Waals surface area (Å²) in [6.07, 6.45) is 3.29. The summed E-state index contributed by atoms with van der Waals surface area (Å²) in [6.45, 7) is 1.21. The van der Waals surface area contributed by atoms with Gasteiger partial charge in [0, 0.05) is 25.8 Å². The summed E-state index contributed by atoms with van der Waals surface area (Å²) in [4.78, 5) is 14.0. The molecule has 0 unspecified atom stereocenters. The van der Waals surface area contributed by atoms with E-state index in [1.807, 2.05) is 37.4 Å². The van der Waals surface area contributed by atoms with Crippen molar-refractivity contribution in [3.8, 4) is 11.3 Å². The summed E-state index contributed by atoms with van der Waals surface area (Å²) in [5.41, 5.74) is 3.04. The van der Waals surface area contributed by atoms with E-state index in [0.29, 0.717) is 13.2 Å². The molecule has 0 aliphatic carbocycles. The number of benzene rings is 1. The zero-order chi connectivity index (χ0) is 14.7. The molecule has 1 saturated heterocycles. The Labute approximate surface area is 123 Å². The number of nitrogens with one attached hydrogen (secondary N) is 1. The Morgan fingerprint density at radius 1 is 1.43 bits per heavy atom. The van der Waals surface area contributed by atoms with Crippen LogP contribution in [-0.2, 0) is 16.1 Å². The number of hydrogen-bond donors (Lipinski definition) is 1. The third-order valence-electron chi connectivity index (χ3n) is 3.77. The van der Waals surface area contributed by atoms with E-state index in [-0.39, 0.29) is 12.0 Å². The molecule has 1 aliphatic heterocycles. The number of carbonyl (C=O) groups excluding carboxylic acids is 1. The number of hydrogen-bond acceptors (Lipinski definition) is 3. The van der Waals surface area contributed by atoms with Gasteiger partial charge in [0.1, 0.15) is 6.10 Å². The van der Waals surface area contributed by atoms with Crippen molar-refractivity contribution in [2.45, 2.75) is 25.5 Å². The van der Waals surface area contributed by atoms with Crippen LogP contribution in [0.4, 0.5) is 0 Å². The van der Waals surface area contributed by atoms with E-state index < -0.39 is 0 Å². The van der Waals surface area contributed by atoms with Crippen LogP contribution in [0.5, 0.6) is 0 Å². The predicted molar refractivity (Wildman–Crippen MR) is 79.5 cm³/mol. The molecular formula is C16H19N3O2. The molecule has 3 rings (SSSR count). The molecular weight excluding hydrogens is 266 g/mol. The van der Waals surface area contributed by atoms with Crippen molar-refractivity contribution >= 4 is 5.91 Å². The molecule has 1 aliphatic rings. The fourth-order valence-corrected chi connectivity index (χ4v) is 2.64. The van der Waals surface area contributed by atoms with Crippen molar-refractivity contribution in [1.82, 2.24) is 15.1 Å². The minimum atomic E-state index is -0.276. The molecule has 5 heteroatoms. The fourth-order valence-electron chi connectivity index (χ4n) is 2.64. The quantitative estimate of drug-likeness (QED) is 0.937. The summed E-state index contributed by atoms with van der Waals surface area (Å²) >= 11 is 0. The van der Waals surface area contributed by atoms with Crippen molar-refractivity contribution < 1.29 is 9.53 Å². The molecule has 0 radical (unpaired) electrons. The van der Waals surface area contributed by atoms with Gasteiger partial charge in [0.15, 0.2) is 0 Å². The average molecular weight is 285 g/mol. The molecule has 2 heterocycles. The highest BCUT2D eigenvalue weighted by Crippen LogP contribution is 2.22. The van der Waals surface area contributed by atoms with Crippen molar-refractivity contribution in [3.63, 3.8) is 0 Å². The van der Waals surface area contributed by atoms with Crippen LogP contribution in [0.1, 0.15) is 18.4 Å². The van der Waals surface area contributed by atoms with Crippen molar-refractivity contribution in [2.24, 2.45) is 0 Å². The monoisotopic (exact) mass is 285 g/mol. The second-order valence-electron chi connectivity index (χ2n) is 5.33.